The molecule has 0 N–H and O–H groups in total. The van der Waals surface area contributed by atoms with Gasteiger partial charge in [-0.1, -0.05) is 0 Å². The molecule has 1 aliphatic heterocycles. The zero-order valence-corrected chi connectivity index (χ0v) is 13.9. The predicted octanol–water partition coefficient (Wildman–Crippen LogP) is 2.50. The molecule has 0 spiro atoms. The molecule has 1 amide bonds. The molecule has 25 heavy (non-hydrogen) atoms. The van der Waals surface area contributed by atoms with E-state index >= 15 is 0 Å². The minimum atomic E-state index is -0.534. The van der Waals surface area contributed by atoms with Gasteiger partial charge < -0.3 is 9.64 Å². The van der Waals surface area contributed by atoms with Crippen LogP contribution in [0.3, 0.4) is 0 Å². The first kappa shape index (κ1) is 17.2. The van der Waals surface area contributed by atoms with E-state index in [0.29, 0.717) is 28.5 Å². The standard InChI is InChI=1S/C18H14FNO4S/c19-14-5-1-12(2-6-14)18(23)13-3-7-15(8-4-13)24-17(22)9-20-11-25-10-16(20)21/h1-8H,9-11H2. The number of ether oxygens (including phenoxy) is 1. The fourth-order valence-electron chi connectivity index (χ4n) is 2.30. The van der Waals surface area contributed by atoms with Crippen LogP contribution in [0, 0.1) is 5.82 Å². The molecule has 7 heteroatoms. The molecule has 0 saturated carbocycles. The van der Waals surface area contributed by atoms with Crippen molar-refractivity contribution < 1.29 is 23.5 Å². The lowest BCUT2D eigenvalue weighted by molar-refractivity contribution is -0.140. The smallest absolute Gasteiger partial charge is 0.331 e. The van der Waals surface area contributed by atoms with Crippen molar-refractivity contribution in [1.29, 1.82) is 0 Å². The highest BCUT2D eigenvalue weighted by atomic mass is 32.2. The van der Waals surface area contributed by atoms with Crippen LogP contribution in [0.2, 0.25) is 0 Å². The van der Waals surface area contributed by atoms with E-state index in [0.717, 1.165) is 0 Å². The van der Waals surface area contributed by atoms with Crippen molar-refractivity contribution in [1.82, 2.24) is 4.90 Å². The minimum Gasteiger partial charge on any atom is -0.425 e. The number of ketones is 1. The molecule has 3 rings (SSSR count). The third kappa shape index (κ3) is 4.24. The van der Waals surface area contributed by atoms with E-state index < -0.39 is 11.8 Å². The average molecular weight is 359 g/mol. The van der Waals surface area contributed by atoms with Crippen LogP contribution < -0.4 is 4.74 Å². The molecule has 0 aliphatic carbocycles. The Morgan fingerprint density at radius 2 is 1.64 bits per heavy atom. The van der Waals surface area contributed by atoms with Crippen molar-refractivity contribution >= 4 is 29.4 Å². The number of hydrogen-bond acceptors (Lipinski definition) is 5. The van der Waals surface area contributed by atoms with Gasteiger partial charge in [-0.05, 0) is 48.5 Å². The number of esters is 1. The van der Waals surface area contributed by atoms with Crippen molar-refractivity contribution in [3.63, 3.8) is 0 Å². The lowest BCUT2D eigenvalue weighted by Gasteiger charge is -2.13. The molecule has 1 saturated heterocycles. The Kier molecular flexibility index (Phi) is 5.14. The molecular weight excluding hydrogens is 345 g/mol. The summed E-state index contributed by atoms with van der Waals surface area (Å²) in [6.45, 7) is -0.0951. The first-order chi connectivity index (χ1) is 12.0. The van der Waals surface area contributed by atoms with E-state index in [1.807, 2.05) is 0 Å². The molecule has 0 radical (unpaired) electrons. The normalized spacial score (nSPS) is 13.8. The number of thioether (sulfide) groups is 1. The summed E-state index contributed by atoms with van der Waals surface area (Å²) >= 11 is 1.45. The Hall–Kier alpha value is -2.67. The predicted molar refractivity (Wildman–Crippen MR) is 90.9 cm³/mol. The number of rotatable bonds is 5. The number of carbonyl (C=O) groups is 3. The lowest BCUT2D eigenvalue weighted by atomic mass is 10.0. The van der Waals surface area contributed by atoms with Crippen molar-refractivity contribution in [2.45, 2.75) is 0 Å². The molecule has 1 fully saturated rings. The van der Waals surface area contributed by atoms with E-state index in [9.17, 15) is 18.8 Å². The van der Waals surface area contributed by atoms with Crippen LogP contribution in [-0.4, -0.2) is 40.7 Å². The van der Waals surface area contributed by atoms with Gasteiger partial charge in [0.1, 0.15) is 18.1 Å². The summed E-state index contributed by atoms with van der Waals surface area (Å²) in [4.78, 5) is 37.0. The number of hydrogen-bond donors (Lipinski definition) is 0. The highest BCUT2D eigenvalue weighted by Crippen LogP contribution is 2.18. The van der Waals surface area contributed by atoms with Crippen LogP contribution in [0.5, 0.6) is 5.75 Å². The fourth-order valence-corrected chi connectivity index (χ4v) is 3.21. The van der Waals surface area contributed by atoms with Gasteiger partial charge in [0.25, 0.3) is 0 Å². The van der Waals surface area contributed by atoms with Crippen molar-refractivity contribution in [3.05, 3.63) is 65.5 Å². The summed E-state index contributed by atoms with van der Waals surface area (Å²) < 4.78 is 18.1. The molecule has 128 valence electrons. The molecule has 5 nitrogen and oxygen atoms in total. The maximum atomic E-state index is 12.9. The second-order valence-electron chi connectivity index (χ2n) is 5.40. The van der Waals surface area contributed by atoms with Crippen LogP contribution in [0.1, 0.15) is 15.9 Å². The van der Waals surface area contributed by atoms with Crippen LogP contribution in [0.15, 0.2) is 48.5 Å². The van der Waals surface area contributed by atoms with E-state index in [1.54, 1.807) is 0 Å². The first-order valence-corrected chi connectivity index (χ1v) is 8.65. The zero-order chi connectivity index (χ0) is 17.8. The van der Waals surface area contributed by atoms with E-state index in [-0.39, 0.29) is 18.2 Å². The summed E-state index contributed by atoms with van der Waals surface area (Å²) in [6, 6.07) is 11.4. The first-order valence-electron chi connectivity index (χ1n) is 7.49. The number of carbonyl (C=O) groups excluding carboxylic acids is 3. The number of benzene rings is 2. The molecule has 0 bridgehead atoms. The third-order valence-corrected chi connectivity index (χ3v) is 4.55. The largest absolute Gasteiger partial charge is 0.425 e. The van der Waals surface area contributed by atoms with Gasteiger partial charge in [0.15, 0.2) is 5.78 Å². The molecular formula is C18H14FNO4S. The third-order valence-electron chi connectivity index (χ3n) is 3.60. The van der Waals surface area contributed by atoms with E-state index in [4.69, 9.17) is 4.74 Å². The minimum absolute atomic E-state index is 0.0813. The fraction of sp³-hybridized carbons (Fsp3) is 0.167. The molecule has 2 aromatic rings. The van der Waals surface area contributed by atoms with Crippen molar-refractivity contribution in [2.24, 2.45) is 0 Å². The van der Waals surface area contributed by atoms with Crippen LogP contribution in [-0.2, 0) is 9.59 Å². The van der Waals surface area contributed by atoms with Gasteiger partial charge in [-0.2, -0.15) is 0 Å². The zero-order valence-electron chi connectivity index (χ0n) is 13.1. The molecule has 0 atom stereocenters. The highest BCUT2D eigenvalue weighted by Gasteiger charge is 2.23. The Morgan fingerprint density at radius 1 is 1.04 bits per heavy atom. The van der Waals surface area contributed by atoms with Crippen LogP contribution in [0.4, 0.5) is 4.39 Å². The molecule has 0 aromatic heterocycles. The quantitative estimate of drug-likeness (QED) is 0.466. The molecule has 1 heterocycles. The molecule has 2 aromatic carbocycles. The Labute approximate surface area is 147 Å². The van der Waals surface area contributed by atoms with Gasteiger partial charge in [0.05, 0.1) is 11.6 Å². The van der Waals surface area contributed by atoms with E-state index in [1.165, 1.54) is 65.2 Å². The summed E-state index contributed by atoms with van der Waals surface area (Å²) in [5, 5.41) is 0. The molecule has 1 aliphatic rings. The maximum absolute atomic E-state index is 12.9. The highest BCUT2D eigenvalue weighted by molar-refractivity contribution is 8.00. The van der Waals surface area contributed by atoms with Gasteiger partial charge in [0, 0.05) is 11.1 Å². The SMILES string of the molecule is O=C(CN1CSCC1=O)Oc1ccc(C(=O)c2ccc(F)cc2)cc1. The Bertz CT molecular complexity index is 805. The lowest BCUT2D eigenvalue weighted by Crippen LogP contribution is -2.33. The van der Waals surface area contributed by atoms with Gasteiger partial charge in [0.2, 0.25) is 5.91 Å². The van der Waals surface area contributed by atoms with Crippen LogP contribution >= 0.6 is 11.8 Å². The Morgan fingerprint density at radius 3 is 2.20 bits per heavy atom. The number of halogens is 1. The van der Waals surface area contributed by atoms with Gasteiger partial charge >= 0.3 is 5.97 Å². The van der Waals surface area contributed by atoms with E-state index in [2.05, 4.69) is 0 Å². The van der Waals surface area contributed by atoms with Gasteiger partial charge in [-0.15, -0.1) is 11.8 Å². The summed E-state index contributed by atoms with van der Waals surface area (Å²) in [7, 11) is 0. The van der Waals surface area contributed by atoms with Crippen molar-refractivity contribution in [2.75, 3.05) is 18.2 Å². The summed E-state index contributed by atoms with van der Waals surface area (Å²) in [5.41, 5.74) is 0.772. The Balaban J connectivity index is 1.61. The van der Waals surface area contributed by atoms with Crippen LogP contribution in [0.25, 0.3) is 0 Å². The molecule has 0 unspecified atom stereocenters. The van der Waals surface area contributed by atoms with Gasteiger partial charge in [-0.25, -0.2) is 9.18 Å². The second kappa shape index (κ2) is 7.48. The second-order valence-corrected chi connectivity index (χ2v) is 6.36. The monoisotopic (exact) mass is 359 g/mol. The average Bonchev–Trinajstić information content (AvgIpc) is 3.00. The topological polar surface area (TPSA) is 63.7 Å². The van der Waals surface area contributed by atoms with Gasteiger partial charge in [-0.3, -0.25) is 9.59 Å². The number of nitrogens with zero attached hydrogens (tertiary/aromatic N) is 1. The maximum Gasteiger partial charge on any atom is 0.331 e. The summed E-state index contributed by atoms with van der Waals surface area (Å²) in [6.07, 6.45) is 0. The number of amides is 1. The van der Waals surface area contributed by atoms with Crippen molar-refractivity contribution in [3.8, 4) is 5.75 Å². The summed E-state index contributed by atoms with van der Waals surface area (Å²) in [5.74, 6) is -0.117.